The zero-order valence-corrected chi connectivity index (χ0v) is 14.2. The molecular formula is C17H25N3O4. The summed E-state index contributed by atoms with van der Waals surface area (Å²) < 4.78 is 0. The maximum atomic E-state index is 12.4. The van der Waals surface area contributed by atoms with E-state index in [1.54, 1.807) is 37.1 Å². The Bertz CT molecular complexity index is 583. The number of nitro benzene ring substituents is 1. The fourth-order valence-electron chi connectivity index (χ4n) is 3.06. The highest BCUT2D eigenvalue weighted by atomic mass is 16.6. The summed E-state index contributed by atoms with van der Waals surface area (Å²) in [5.74, 6) is 0.0425. The molecule has 24 heavy (non-hydrogen) atoms. The molecule has 0 spiro atoms. The lowest BCUT2D eigenvalue weighted by Gasteiger charge is -2.34. The lowest BCUT2D eigenvalue weighted by molar-refractivity contribution is -0.384. The summed E-state index contributed by atoms with van der Waals surface area (Å²) >= 11 is 0. The molecule has 7 heteroatoms. The molecule has 1 aliphatic rings. The van der Waals surface area contributed by atoms with Gasteiger partial charge in [0.25, 0.3) is 5.69 Å². The maximum Gasteiger partial charge on any atom is 0.292 e. The van der Waals surface area contributed by atoms with Crippen molar-refractivity contribution in [1.82, 2.24) is 4.90 Å². The third kappa shape index (κ3) is 4.44. The van der Waals surface area contributed by atoms with Gasteiger partial charge in [-0.25, -0.2) is 0 Å². The van der Waals surface area contributed by atoms with Gasteiger partial charge in [-0.3, -0.25) is 14.9 Å². The highest BCUT2D eigenvalue weighted by Crippen LogP contribution is 2.31. The minimum absolute atomic E-state index is 0.0528. The van der Waals surface area contributed by atoms with Crippen LogP contribution in [0, 0.1) is 16.0 Å². The molecule has 0 aliphatic carbocycles. The van der Waals surface area contributed by atoms with Gasteiger partial charge in [0.15, 0.2) is 0 Å². The van der Waals surface area contributed by atoms with E-state index in [0.717, 1.165) is 0 Å². The van der Waals surface area contributed by atoms with E-state index in [0.29, 0.717) is 44.6 Å². The van der Waals surface area contributed by atoms with E-state index in [4.69, 9.17) is 0 Å². The topological polar surface area (TPSA) is 86.9 Å². The zero-order chi connectivity index (χ0) is 17.7. The second-order valence-corrected chi connectivity index (χ2v) is 6.40. The average molecular weight is 335 g/mol. The molecule has 1 aromatic carbocycles. The van der Waals surface area contributed by atoms with Crippen molar-refractivity contribution in [2.24, 2.45) is 5.92 Å². The minimum atomic E-state index is -0.416. The first-order valence-electron chi connectivity index (χ1n) is 8.31. The minimum Gasteiger partial charge on any atom is -0.393 e. The lowest BCUT2D eigenvalue weighted by Crippen LogP contribution is -2.42. The number of nitro groups is 1. The van der Waals surface area contributed by atoms with E-state index >= 15 is 0 Å². The van der Waals surface area contributed by atoms with Gasteiger partial charge in [-0.1, -0.05) is 12.1 Å². The van der Waals surface area contributed by atoms with Crippen LogP contribution in [0.15, 0.2) is 24.3 Å². The van der Waals surface area contributed by atoms with Crippen LogP contribution in [0.2, 0.25) is 0 Å². The smallest absolute Gasteiger partial charge is 0.292 e. The molecular weight excluding hydrogens is 310 g/mol. The van der Waals surface area contributed by atoms with Gasteiger partial charge in [0, 0.05) is 38.7 Å². The number of hydrogen-bond donors (Lipinski definition) is 1. The van der Waals surface area contributed by atoms with Gasteiger partial charge >= 0.3 is 0 Å². The van der Waals surface area contributed by atoms with Gasteiger partial charge in [0.05, 0.1) is 11.0 Å². The van der Waals surface area contributed by atoms with Gasteiger partial charge in [0.2, 0.25) is 5.91 Å². The fraction of sp³-hybridized carbons (Fsp3) is 0.588. The SMILES string of the molecule is CC(O)CCN(C)C(=O)C1CCN(c2ccccc2[N+](=O)[O-])CC1. The molecule has 0 aromatic heterocycles. The maximum absolute atomic E-state index is 12.4. The Morgan fingerprint density at radius 2 is 2.04 bits per heavy atom. The van der Waals surface area contributed by atoms with Crippen LogP contribution in [0.1, 0.15) is 26.2 Å². The van der Waals surface area contributed by atoms with E-state index < -0.39 is 6.10 Å². The number of amides is 1. The number of carbonyl (C=O) groups is 1. The number of aliphatic hydroxyl groups is 1. The standard InChI is InChI=1S/C17H25N3O4/c1-13(21)7-10-18(2)17(22)14-8-11-19(12-9-14)15-5-3-4-6-16(15)20(23)24/h3-6,13-14,21H,7-12H2,1-2H3. The molecule has 1 amide bonds. The third-order valence-corrected chi connectivity index (χ3v) is 4.52. The van der Waals surface area contributed by atoms with E-state index in [-0.39, 0.29) is 22.4 Å². The van der Waals surface area contributed by atoms with E-state index in [1.165, 1.54) is 6.07 Å². The fourth-order valence-corrected chi connectivity index (χ4v) is 3.06. The predicted molar refractivity (Wildman–Crippen MR) is 92.0 cm³/mol. The second-order valence-electron chi connectivity index (χ2n) is 6.40. The van der Waals surface area contributed by atoms with Crippen LogP contribution < -0.4 is 4.90 Å². The molecule has 0 bridgehead atoms. The Kier molecular flexibility index (Phi) is 6.14. The number of para-hydroxylation sites is 2. The van der Waals surface area contributed by atoms with Gasteiger partial charge in [0.1, 0.15) is 5.69 Å². The molecule has 1 saturated heterocycles. The highest BCUT2D eigenvalue weighted by Gasteiger charge is 2.29. The van der Waals surface area contributed by atoms with Gasteiger partial charge < -0.3 is 14.9 Å². The molecule has 1 unspecified atom stereocenters. The Morgan fingerprint density at radius 3 is 2.62 bits per heavy atom. The molecule has 1 N–H and O–H groups in total. The van der Waals surface area contributed by atoms with Crippen molar-refractivity contribution in [3.8, 4) is 0 Å². The van der Waals surface area contributed by atoms with Gasteiger partial charge in [-0.2, -0.15) is 0 Å². The Labute approximate surface area is 142 Å². The normalized spacial score (nSPS) is 16.7. The predicted octanol–water partition coefficient (Wildman–Crippen LogP) is 2.04. The van der Waals surface area contributed by atoms with Crippen molar-refractivity contribution in [1.29, 1.82) is 0 Å². The number of nitrogens with zero attached hydrogens (tertiary/aromatic N) is 3. The Morgan fingerprint density at radius 1 is 1.42 bits per heavy atom. The molecule has 1 heterocycles. The highest BCUT2D eigenvalue weighted by molar-refractivity contribution is 5.79. The summed E-state index contributed by atoms with van der Waals surface area (Å²) in [6, 6.07) is 6.73. The molecule has 0 radical (unpaired) electrons. The zero-order valence-electron chi connectivity index (χ0n) is 14.2. The molecule has 1 fully saturated rings. The lowest BCUT2D eigenvalue weighted by atomic mass is 9.94. The van der Waals surface area contributed by atoms with E-state index in [1.807, 2.05) is 4.90 Å². The molecule has 1 atom stereocenters. The third-order valence-electron chi connectivity index (χ3n) is 4.52. The molecule has 2 rings (SSSR count). The molecule has 1 aromatic rings. The number of rotatable bonds is 6. The average Bonchev–Trinajstić information content (AvgIpc) is 2.59. The van der Waals surface area contributed by atoms with Crippen molar-refractivity contribution in [3.63, 3.8) is 0 Å². The van der Waals surface area contributed by atoms with Gasteiger partial charge in [-0.05, 0) is 32.3 Å². The van der Waals surface area contributed by atoms with Crippen molar-refractivity contribution in [2.45, 2.75) is 32.3 Å². The van der Waals surface area contributed by atoms with Crippen LogP contribution >= 0.6 is 0 Å². The van der Waals surface area contributed by atoms with E-state index in [2.05, 4.69) is 0 Å². The number of carbonyl (C=O) groups excluding carboxylic acids is 1. The van der Waals surface area contributed by atoms with Crippen LogP contribution in [-0.2, 0) is 4.79 Å². The first kappa shape index (κ1) is 18.2. The first-order chi connectivity index (χ1) is 11.4. The Hall–Kier alpha value is -2.15. The second kappa shape index (κ2) is 8.10. The van der Waals surface area contributed by atoms with Crippen LogP contribution in [0.5, 0.6) is 0 Å². The van der Waals surface area contributed by atoms with Crippen LogP contribution in [0.4, 0.5) is 11.4 Å². The Balaban J connectivity index is 1.94. The van der Waals surface area contributed by atoms with Crippen molar-refractivity contribution >= 4 is 17.3 Å². The number of piperidine rings is 1. The summed E-state index contributed by atoms with van der Waals surface area (Å²) in [7, 11) is 1.76. The summed E-state index contributed by atoms with van der Waals surface area (Å²) in [5.41, 5.74) is 0.729. The number of aliphatic hydroxyl groups excluding tert-OH is 1. The monoisotopic (exact) mass is 335 g/mol. The molecule has 7 nitrogen and oxygen atoms in total. The number of anilines is 1. The summed E-state index contributed by atoms with van der Waals surface area (Å²) in [6.45, 7) is 3.52. The summed E-state index contributed by atoms with van der Waals surface area (Å²) in [4.78, 5) is 26.9. The number of benzene rings is 1. The van der Waals surface area contributed by atoms with Gasteiger partial charge in [-0.15, -0.1) is 0 Å². The molecule has 0 saturated carbocycles. The van der Waals surface area contributed by atoms with Crippen LogP contribution in [-0.4, -0.2) is 53.6 Å². The summed E-state index contributed by atoms with van der Waals surface area (Å²) in [5, 5.41) is 20.5. The summed E-state index contributed by atoms with van der Waals surface area (Å²) in [6.07, 6.45) is 1.52. The molecule has 132 valence electrons. The molecule has 1 aliphatic heterocycles. The number of hydrogen-bond acceptors (Lipinski definition) is 5. The van der Waals surface area contributed by atoms with Crippen molar-refractivity contribution < 1.29 is 14.8 Å². The largest absolute Gasteiger partial charge is 0.393 e. The quantitative estimate of drug-likeness (QED) is 0.635. The first-order valence-corrected chi connectivity index (χ1v) is 8.31. The van der Waals surface area contributed by atoms with Crippen LogP contribution in [0.3, 0.4) is 0 Å². The van der Waals surface area contributed by atoms with Crippen molar-refractivity contribution in [2.75, 3.05) is 31.6 Å². The van der Waals surface area contributed by atoms with Crippen LogP contribution in [0.25, 0.3) is 0 Å². The van der Waals surface area contributed by atoms with Crippen molar-refractivity contribution in [3.05, 3.63) is 34.4 Å². The van der Waals surface area contributed by atoms with E-state index in [9.17, 15) is 20.0 Å².